The van der Waals surface area contributed by atoms with E-state index in [2.05, 4.69) is 40.6 Å². The number of anilines is 1. The lowest BCUT2D eigenvalue weighted by atomic mass is 9.93. The minimum absolute atomic E-state index is 0.0577. The lowest BCUT2D eigenvalue weighted by molar-refractivity contribution is -0.115. The number of benzene rings is 1. The number of rotatable bonds is 5. The number of hydrogen-bond donors (Lipinski definition) is 1. The number of nitrogens with zero attached hydrogens (tertiary/aromatic N) is 3. The van der Waals surface area contributed by atoms with Crippen LogP contribution in [0.5, 0.6) is 0 Å². The van der Waals surface area contributed by atoms with E-state index in [1.807, 2.05) is 35.8 Å². The van der Waals surface area contributed by atoms with Gasteiger partial charge in [-0.2, -0.15) is 0 Å². The topological polar surface area (TPSA) is 59.8 Å². The number of carbonyl (C=O) groups excluding carboxylic acids is 1. The quantitative estimate of drug-likeness (QED) is 0.369. The van der Waals surface area contributed by atoms with Crippen LogP contribution in [0.3, 0.4) is 0 Å². The molecular weight excluding hydrogens is 451 g/mol. The number of nitrogens with one attached hydrogen (secondary N) is 1. The van der Waals surface area contributed by atoms with Crippen molar-refractivity contribution < 1.29 is 4.79 Å². The van der Waals surface area contributed by atoms with Crippen molar-refractivity contribution in [3.63, 3.8) is 0 Å². The van der Waals surface area contributed by atoms with Gasteiger partial charge in [0.15, 0.2) is 5.13 Å². The minimum atomic E-state index is -0.115. The highest BCUT2D eigenvalue weighted by Gasteiger charge is 2.19. The van der Waals surface area contributed by atoms with Crippen LogP contribution in [0.15, 0.2) is 48.2 Å². The third kappa shape index (κ3) is 4.92. The van der Waals surface area contributed by atoms with Gasteiger partial charge < -0.3 is 9.88 Å². The van der Waals surface area contributed by atoms with Crippen molar-refractivity contribution in [2.75, 3.05) is 5.32 Å². The Hall–Kier alpha value is -2.41. The van der Waals surface area contributed by atoms with Crippen LogP contribution in [-0.4, -0.2) is 20.4 Å². The molecule has 3 aromatic heterocycles. The Morgan fingerprint density at radius 3 is 2.71 bits per heavy atom. The van der Waals surface area contributed by atoms with Crippen LogP contribution in [0.2, 0.25) is 10.0 Å². The first-order chi connectivity index (χ1) is 14.7. The molecule has 8 heteroatoms. The second-order valence-electron chi connectivity index (χ2n) is 8.42. The first kappa shape index (κ1) is 21.8. The monoisotopic (exact) mass is 472 g/mol. The molecule has 1 aromatic carbocycles. The predicted octanol–water partition coefficient (Wildman–Crippen LogP) is 6.33. The number of aromatic nitrogens is 3. The van der Waals surface area contributed by atoms with Gasteiger partial charge in [-0.3, -0.25) is 9.78 Å². The molecule has 160 valence electrons. The number of hydrogen-bond acceptors (Lipinski definition) is 4. The average Bonchev–Trinajstić information content (AvgIpc) is 3.29. The Balaban J connectivity index is 1.60. The molecule has 0 radical (unpaired) electrons. The molecule has 0 aliphatic heterocycles. The summed E-state index contributed by atoms with van der Waals surface area (Å²) in [7, 11) is 0. The molecule has 3 heterocycles. The molecule has 0 fully saturated rings. The maximum absolute atomic E-state index is 12.8. The number of amides is 1. The maximum atomic E-state index is 12.8. The van der Waals surface area contributed by atoms with Gasteiger partial charge in [0.1, 0.15) is 0 Å². The van der Waals surface area contributed by atoms with Crippen LogP contribution in [0.25, 0.3) is 10.9 Å². The average molecular weight is 473 g/mol. The van der Waals surface area contributed by atoms with E-state index in [0.29, 0.717) is 21.7 Å². The van der Waals surface area contributed by atoms with Crippen LogP contribution in [0.4, 0.5) is 5.13 Å². The van der Waals surface area contributed by atoms with Gasteiger partial charge >= 0.3 is 0 Å². The molecule has 0 atom stereocenters. The normalized spacial score (nSPS) is 11.8. The Labute approximate surface area is 195 Å². The van der Waals surface area contributed by atoms with Gasteiger partial charge in [-0.1, -0.05) is 44.0 Å². The van der Waals surface area contributed by atoms with Gasteiger partial charge in [0.05, 0.1) is 17.1 Å². The highest BCUT2D eigenvalue weighted by molar-refractivity contribution is 7.13. The van der Waals surface area contributed by atoms with Crippen molar-refractivity contribution in [3.8, 4) is 0 Å². The molecule has 0 unspecified atom stereocenters. The van der Waals surface area contributed by atoms with Gasteiger partial charge in [0.25, 0.3) is 0 Å². The lowest BCUT2D eigenvalue weighted by Gasteiger charge is -2.14. The second kappa shape index (κ2) is 8.61. The Morgan fingerprint density at radius 1 is 1.19 bits per heavy atom. The van der Waals surface area contributed by atoms with Crippen molar-refractivity contribution in [2.45, 2.75) is 39.2 Å². The summed E-state index contributed by atoms with van der Waals surface area (Å²) in [5.41, 5.74) is 3.75. The summed E-state index contributed by atoms with van der Waals surface area (Å²) in [4.78, 5) is 21.4. The van der Waals surface area contributed by atoms with E-state index in [9.17, 15) is 4.79 Å². The zero-order valence-corrected chi connectivity index (χ0v) is 19.8. The van der Waals surface area contributed by atoms with Crippen LogP contribution in [-0.2, 0) is 23.2 Å². The zero-order valence-electron chi connectivity index (χ0n) is 17.4. The fourth-order valence-electron chi connectivity index (χ4n) is 3.34. The SMILES string of the molecule is CC(C)(C)c1csc(NC(=O)Cc2cn(Cc3ccncc3Cl)c3ccc(Cl)cc23)n1. The summed E-state index contributed by atoms with van der Waals surface area (Å²) < 4.78 is 2.08. The molecule has 5 nitrogen and oxygen atoms in total. The first-order valence-corrected chi connectivity index (χ1v) is 11.5. The molecule has 0 saturated carbocycles. The molecule has 0 aliphatic carbocycles. The number of pyridine rings is 1. The van der Waals surface area contributed by atoms with E-state index in [1.54, 1.807) is 12.4 Å². The third-order valence-electron chi connectivity index (χ3n) is 4.99. The lowest BCUT2D eigenvalue weighted by Crippen LogP contribution is -2.15. The largest absolute Gasteiger partial charge is 0.343 e. The Bertz CT molecular complexity index is 1260. The fourth-order valence-corrected chi connectivity index (χ4v) is 4.65. The molecule has 31 heavy (non-hydrogen) atoms. The summed E-state index contributed by atoms with van der Waals surface area (Å²) >= 11 is 14.0. The van der Waals surface area contributed by atoms with E-state index in [0.717, 1.165) is 27.7 Å². The smallest absolute Gasteiger partial charge is 0.230 e. The van der Waals surface area contributed by atoms with Crippen LogP contribution in [0.1, 0.15) is 37.6 Å². The van der Waals surface area contributed by atoms with Gasteiger partial charge in [0, 0.05) is 51.9 Å². The van der Waals surface area contributed by atoms with Crippen molar-refractivity contribution >= 4 is 56.5 Å². The van der Waals surface area contributed by atoms with Crippen LogP contribution < -0.4 is 5.32 Å². The zero-order chi connectivity index (χ0) is 22.2. The highest BCUT2D eigenvalue weighted by Crippen LogP contribution is 2.29. The molecular formula is C23H22Cl2N4OS. The predicted molar refractivity (Wildman–Crippen MR) is 128 cm³/mol. The molecule has 0 aliphatic rings. The van der Waals surface area contributed by atoms with Crippen LogP contribution in [0, 0.1) is 0 Å². The van der Waals surface area contributed by atoms with E-state index >= 15 is 0 Å². The number of halogens is 2. The summed E-state index contributed by atoms with van der Waals surface area (Å²) in [5, 5.41) is 7.71. The van der Waals surface area contributed by atoms with Gasteiger partial charge in [0.2, 0.25) is 5.91 Å². The van der Waals surface area contributed by atoms with E-state index < -0.39 is 0 Å². The van der Waals surface area contributed by atoms with Gasteiger partial charge in [-0.05, 0) is 35.4 Å². The Kier molecular flexibility index (Phi) is 6.06. The first-order valence-electron chi connectivity index (χ1n) is 9.82. The van der Waals surface area contributed by atoms with Crippen molar-refractivity contribution in [1.29, 1.82) is 0 Å². The van der Waals surface area contributed by atoms with Crippen molar-refractivity contribution in [3.05, 3.63) is 75.1 Å². The molecule has 4 aromatic rings. The number of fused-ring (bicyclic) bond motifs is 1. The van der Waals surface area contributed by atoms with Crippen molar-refractivity contribution in [1.82, 2.24) is 14.5 Å². The number of thiazole rings is 1. The molecule has 0 bridgehead atoms. The maximum Gasteiger partial charge on any atom is 0.230 e. The van der Waals surface area contributed by atoms with E-state index in [-0.39, 0.29) is 17.7 Å². The standard InChI is InChI=1S/C23H22Cl2N4OS/c1-23(2,3)20-13-31-22(27-20)28-21(30)8-15-12-29(11-14-6-7-26-10-18(14)25)19-5-4-16(24)9-17(15)19/h4-7,9-10,12-13H,8,11H2,1-3H3,(H,27,28,30). The fraction of sp³-hybridized carbons (Fsp3) is 0.261. The second-order valence-corrected chi connectivity index (χ2v) is 10.1. The molecule has 0 spiro atoms. The molecule has 1 N–H and O–H groups in total. The third-order valence-corrected chi connectivity index (χ3v) is 6.33. The number of carbonyl (C=O) groups is 1. The summed E-state index contributed by atoms with van der Waals surface area (Å²) in [6, 6.07) is 7.60. The molecule has 4 rings (SSSR count). The summed E-state index contributed by atoms with van der Waals surface area (Å²) in [6.45, 7) is 6.87. The van der Waals surface area contributed by atoms with Gasteiger partial charge in [-0.25, -0.2) is 4.98 Å². The van der Waals surface area contributed by atoms with Crippen LogP contribution >= 0.6 is 34.5 Å². The van der Waals surface area contributed by atoms with E-state index in [4.69, 9.17) is 23.2 Å². The minimum Gasteiger partial charge on any atom is -0.343 e. The molecule has 1 amide bonds. The summed E-state index contributed by atoms with van der Waals surface area (Å²) in [5.74, 6) is -0.115. The highest BCUT2D eigenvalue weighted by atomic mass is 35.5. The Morgan fingerprint density at radius 2 is 2.00 bits per heavy atom. The van der Waals surface area contributed by atoms with Gasteiger partial charge in [-0.15, -0.1) is 11.3 Å². The summed E-state index contributed by atoms with van der Waals surface area (Å²) in [6.07, 6.45) is 5.56. The van der Waals surface area contributed by atoms with Crippen molar-refractivity contribution in [2.24, 2.45) is 0 Å². The van der Waals surface area contributed by atoms with E-state index in [1.165, 1.54) is 11.3 Å². The molecule has 0 saturated heterocycles.